The summed E-state index contributed by atoms with van der Waals surface area (Å²) in [5.41, 5.74) is 0.715. The molecule has 1 N–H and O–H groups in total. The van der Waals surface area contributed by atoms with Crippen LogP contribution >= 0.6 is 0 Å². The zero-order valence-corrected chi connectivity index (χ0v) is 10.6. The van der Waals surface area contributed by atoms with Gasteiger partial charge in [-0.3, -0.25) is 9.88 Å². The summed E-state index contributed by atoms with van der Waals surface area (Å²) in [4.78, 5) is 10.8. The number of likely N-dealkylation sites (tertiary alicyclic amines) is 1. The second-order valence-electron chi connectivity index (χ2n) is 4.80. The molecule has 1 atom stereocenters. The van der Waals surface area contributed by atoms with Gasteiger partial charge < -0.3 is 9.63 Å². The van der Waals surface area contributed by atoms with Crippen LogP contribution in [0, 0.1) is 5.92 Å². The molecule has 0 radical (unpaired) electrons. The molecule has 1 unspecified atom stereocenters. The molecule has 100 valence electrons. The van der Waals surface area contributed by atoms with E-state index in [4.69, 9.17) is 9.63 Å². The highest BCUT2D eigenvalue weighted by Crippen LogP contribution is 2.18. The van der Waals surface area contributed by atoms with Crippen molar-refractivity contribution in [2.24, 2.45) is 5.92 Å². The maximum absolute atomic E-state index is 9.12. The lowest BCUT2D eigenvalue weighted by molar-refractivity contribution is 0.211. The predicted molar refractivity (Wildman–Crippen MR) is 68.0 cm³/mol. The second kappa shape index (κ2) is 5.46. The topological polar surface area (TPSA) is 75.3 Å². The van der Waals surface area contributed by atoms with Crippen molar-refractivity contribution in [2.75, 3.05) is 19.7 Å². The lowest BCUT2D eigenvalue weighted by Crippen LogP contribution is -2.21. The number of hydrogen-bond donors (Lipinski definition) is 1. The quantitative estimate of drug-likeness (QED) is 0.882. The van der Waals surface area contributed by atoms with Gasteiger partial charge in [-0.25, -0.2) is 0 Å². The molecule has 3 rings (SSSR count). The first-order chi connectivity index (χ1) is 9.35. The molecule has 0 aliphatic carbocycles. The molecule has 6 heteroatoms. The molecule has 0 aromatic carbocycles. The molecule has 3 heterocycles. The molecule has 0 spiro atoms. The number of nitrogens with zero attached hydrogens (tertiary/aromatic N) is 4. The number of aromatic nitrogens is 3. The lowest BCUT2D eigenvalue weighted by atomic mass is 10.1. The Labute approximate surface area is 111 Å². The summed E-state index contributed by atoms with van der Waals surface area (Å²) < 4.78 is 5.24. The van der Waals surface area contributed by atoms with E-state index in [1.165, 1.54) is 0 Å². The molecule has 1 aliphatic rings. The van der Waals surface area contributed by atoms with Gasteiger partial charge in [0.05, 0.1) is 6.54 Å². The fourth-order valence-corrected chi connectivity index (χ4v) is 2.31. The summed E-state index contributed by atoms with van der Waals surface area (Å²) in [6, 6.07) is 5.60. The molecule has 1 saturated heterocycles. The van der Waals surface area contributed by atoms with Crippen LogP contribution in [-0.2, 0) is 6.54 Å². The lowest BCUT2D eigenvalue weighted by Gasteiger charge is -2.11. The van der Waals surface area contributed by atoms with Crippen LogP contribution in [0.15, 0.2) is 28.9 Å². The van der Waals surface area contributed by atoms with E-state index < -0.39 is 0 Å². The highest BCUT2D eigenvalue weighted by molar-refractivity contribution is 5.46. The standard InChI is InChI=1S/C13H16N4O2/c18-9-10-4-6-17(7-10)8-12-15-13(16-19-12)11-3-1-2-5-14-11/h1-3,5,10,18H,4,6-9H2. The maximum Gasteiger partial charge on any atom is 0.241 e. The van der Waals surface area contributed by atoms with Crippen molar-refractivity contribution < 1.29 is 9.63 Å². The van der Waals surface area contributed by atoms with E-state index in [2.05, 4.69) is 20.0 Å². The molecule has 0 saturated carbocycles. The minimum Gasteiger partial charge on any atom is -0.396 e. The van der Waals surface area contributed by atoms with Gasteiger partial charge in [0.25, 0.3) is 0 Å². The second-order valence-corrected chi connectivity index (χ2v) is 4.80. The number of aliphatic hydroxyl groups is 1. The van der Waals surface area contributed by atoms with Crippen molar-refractivity contribution in [3.05, 3.63) is 30.3 Å². The highest BCUT2D eigenvalue weighted by Gasteiger charge is 2.23. The number of hydrogen-bond acceptors (Lipinski definition) is 6. The van der Waals surface area contributed by atoms with E-state index in [0.29, 0.717) is 29.9 Å². The van der Waals surface area contributed by atoms with Gasteiger partial charge in [-0.2, -0.15) is 4.98 Å². The van der Waals surface area contributed by atoms with E-state index in [0.717, 1.165) is 19.5 Å². The van der Waals surface area contributed by atoms with Crippen LogP contribution in [0.4, 0.5) is 0 Å². The van der Waals surface area contributed by atoms with Gasteiger partial charge in [0.2, 0.25) is 11.7 Å². The molecule has 1 aliphatic heterocycles. The van der Waals surface area contributed by atoms with Crippen molar-refractivity contribution >= 4 is 0 Å². The molecule has 6 nitrogen and oxygen atoms in total. The highest BCUT2D eigenvalue weighted by atomic mass is 16.5. The average molecular weight is 260 g/mol. The van der Waals surface area contributed by atoms with Crippen molar-refractivity contribution in [3.63, 3.8) is 0 Å². The van der Waals surface area contributed by atoms with Crippen molar-refractivity contribution in [1.82, 2.24) is 20.0 Å². The number of pyridine rings is 1. The summed E-state index contributed by atoms with van der Waals surface area (Å²) in [6.45, 7) is 2.74. The van der Waals surface area contributed by atoms with Crippen molar-refractivity contribution in [2.45, 2.75) is 13.0 Å². The fraction of sp³-hybridized carbons (Fsp3) is 0.462. The van der Waals surface area contributed by atoms with Gasteiger partial charge >= 0.3 is 0 Å². The first kappa shape index (κ1) is 12.3. The van der Waals surface area contributed by atoms with Crippen LogP contribution in [0.3, 0.4) is 0 Å². The summed E-state index contributed by atoms with van der Waals surface area (Å²) in [6.07, 6.45) is 2.73. The van der Waals surface area contributed by atoms with E-state index in [9.17, 15) is 0 Å². The molecular weight excluding hydrogens is 244 g/mol. The largest absolute Gasteiger partial charge is 0.396 e. The summed E-state index contributed by atoms with van der Waals surface area (Å²) >= 11 is 0. The van der Waals surface area contributed by atoms with Gasteiger partial charge in [-0.15, -0.1) is 0 Å². The van der Waals surface area contributed by atoms with Crippen LogP contribution in [0.25, 0.3) is 11.5 Å². The van der Waals surface area contributed by atoms with E-state index in [1.54, 1.807) is 6.20 Å². The molecule has 2 aromatic rings. The van der Waals surface area contributed by atoms with Gasteiger partial charge in [0.15, 0.2) is 0 Å². The molecular formula is C13H16N4O2. The minimum atomic E-state index is 0.250. The molecule has 1 fully saturated rings. The first-order valence-corrected chi connectivity index (χ1v) is 6.42. The van der Waals surface area contributed by atoms with E-state index in [-0.39, 0.29) is 6.61 Å². The fourth-order valence-electron chi connectivity index (χ4n) is 2.31. The van der Waals surface area contributed by atoms with Gasteiger partial charge in [0, 0.05) is 19.3 Å². The molecule has 2 aromatic heterocycles. The Bertz CT molecular complexity index is 528. The Morgan fingerprint density at radius 3 is 3.11 bits per heavy atom. The monoisotopic (exact) mass is 260 g/mol. The van der Waals surface area contributed by atoms with Crippen molar-refractivity contribution in [1.29, 1.82) is 0 Å². The van der Waals surface area contributed by atoms with Gasteiger partial charge in [-0.05, 0) is 31.0 Å². The molecule has 0 amide bonds. The van der Waals surface area contributed by atoms with Crippen LogP contribution in [0.2, 0.25) is 0 Å². The Hall–Kier alpha value is -1.79. The number of aliphatic hydroxyl groups excluding tert-OH is 1. The maximum atomic E-state index is 9.12. The Kier molecular flexibility index (Phi) is 3.52. The van der Waals surface area contributed by atoms with E-state index in [1.807, 2.05) is 18.2 Å². The van der Waals surface area contributed by atoms with Crippen LogP contribution in [0.1, 0.15) is 12.3 Å². The third-order valence-electron chi connectivity index (χ3n) is 3.35. The zero-order chi connectivity index (χ0) is 13.1. The van der Waals surface area contributed by atoms with Crippen molar-refractivity contribution in [3.8, 4) is 11.5 Å². The van der Waals surface area contributed by atoms with Crippen LogP contribution < -0.4 is 0 Å². The zero-order valence-electron chi connectivity index (χ0n) is 10.6. The summed E-state index contributed by atoms with van der Waals surface area (Å²) in [7, 11) is 0. The van der Waals surface area contributed by atoms with E-state index >= 15 is 0 Å². The minimum absolute atomic E-state index is 0.250. The first-order valence-electron chi connectivity index (χ1n) is 6.42. The summed E-state index contributed by atoms with van der Waals surface area (Å²) in [5.74, 6) is 1.49. The normalized spacial score (nSPS) is 19.9. The summed E-state index contributed by atoms with van der Waals surface area (Å²) in [5, 5.41) is 13.1. The molecule has 19 heavy (non-hydrogen) atoms. The molecule has 0 bridgehead atoms. The number of rotatable bonds is 4. The average Bonchev–Trinajstić information content (AvgIpc) is 3.09. The van der Waals surface area contributed by atoms with Crippen LogP contribution in [-0.4, -0.2) is 44.8 Å². The predicted octanol–water partition coefficient (Wildman–Crippen LogP) is 0.946. The van der Waals surface area contributed by atoms with Crippen LogP contribution in [0.5, 0.6) is 0 Å². The third kappa shape index (κ3) is 2.80. The Morgan fingerprint density at radius 1 is 1.42 bits per heavy atom. The smallest absolute Gasteiger partial charge is 0.241 e. The Balaban J connectivity index is 1.66. The Morgan fingerprint density at radius 2 is 2.37 bits per heavy atom. The SMILES string of the molecule is OCC1CCN(Cc2nc(-c3ccccn3)no2)C1. The van der Waals surface area contributed by atoms with Gasteiger partial charge in [-0.1, -0.05) is 11.2 Å². The third-order valence-corrected chi connectivity index (χ3v) is 3.35. The van der Waals surface area contributed by atoms with Gasteiger partial charge in [0.1, 0.15) is 5.69 Å².